The van der Waals surface area contributed by atoms with Crippen molar-refractivity contribution in [2.24, 2.45) is 0 Å². The second kappa shape index (κ2) is 7.31. The number of methoxy groups -OCH3 is 1. The molecule has 2 unspecified atom stereocenters. The van der Waals surface area contributed by atoms with Crippen molar-refractivity contribution in [3.8, 4) is 0 Å². The van der Waals surface area contributed by atoms with Crippen LogP contribution in [0, 0.1) is 10.1 Å². The number of benzene rings is 1. The van der Waals surface area contributed by atoms with Crippen LogP contribution in [-0.4, -0.2) is 29.5 Å². The van der Waals surface area contributed by atoms with Gasteiger partial charge in [0.1, 0.15) is 17.8 Å². The number of nitro groups is 1. The number of halogens is 1. The van der Waals surface area contributed by atoms with Gasteiger partial charge in [0.2, 0.25) is 0 Å². The first kappa shape index (κ1) is 16.4. The SMILES string of the molecule is COC1C=C(C(=O)Cl)C([N+](=O)[O-])=CC1OCc1ccccc1. The van der Waals surface area contributed by atoms with Crippen molar-refractivity contribution in [2.75, 3.05) is 7.11 Å². The Balaban J connectivity index is 2.19. The zero-order valence-corrected chi connectivity index (χ0v) is 12.5. The molecule has 0 aliphatic heterocycles. The van der Waals surface area contributed by atoms with Crippen molar-refractivity contribution < 1.29 is 19.2 Å². The van der Waals surface area contributed by atoms with E-state index in [0.29, 0.717) is 0 Å². The summed E-state index contributed by atoms with van der Waals surface area (Å²) in [5.41, 5.74) is 0.376. The molecule has 1 aliphatic carbocycles. The maximum Gasteiger partial charge on any atom is 0.280 e. The number of allylic oxidation sites excluding steroid dienone is 1. The van der Waals surface area contributed by atoms with Gasteiger partial charge in [-0.2, -0.15) is 0 Å². The first-order valence-electron chi connectivity index (χ1n) is 6.49. The fraction of sp³-hybridized carbons (Fsp3) is 0.267. The molecule has 0 N–H and O–H groups in total. The minimum Gasteiger partial charge on any atom is -0.374 e. The second-order valence-corrected chi connectivity index (χ2v) is 4.97. The Labute approximate surface area is 132 Å². The largest absolute Gasteiger partial charge is 0.374 e. The molecule has 0 bridgehead atoms. The third kappa shape index (κ3) is 3.79. The van der Waals surface area contributed by atoms with E-state index in [4.69, 9.17) is 21.1 Å². The number of ether oxygens (including phenoxy) is 2. The van der Waals surface area contributed by atoms with E-state index in [0.717, 1.165) is 5.56 Å². The molecule has 2 rings (SSSR count). The number of hydrogen-bond acceptors (Lipinski definition) is 5. The van der Waals surface area contributed by atoms with E-state index >= 15 is 0 Å². The van der Waals surface area contributed by atoms with E-state index in [1.54, 1.807) is 0 Å². The number of carbonyl (C=O) groups is 1. The van der Waals surface area contributed by atoms with Gasteiger partial charge in [-0.05, 0) is 23.2 Å². The zero-order valence-electron chi connectivity index (χ0n) is 11.8. The summed E-state index contributed by atoms with van der Waals surface area (Å²) >= 11 is 5.39. The van der Waals surface area contributed by atoms with E-state index < -0.39 is 22.4 Å². The van der Waals surface area contributed by atoms with Crippen molar-refractivity contribution in [1.82, 2.24) is 0 Å². The Morgan fingerprint density at radius 1 is 1.27 bits per heavy atom. The molecule has 116 valence electrons. The lowest BCUT2D eigenvalue weighted by molar-refractivity contribution is -0.421. The Morgan fingerprint density at radius 3 is 2.50 bits per heavy atom. The Hall–Kier alpha value is -2.02. The van der Waals surface area contributed by atoms with E-state index in [1.807, 2.05) is 30.3 Å². The molecule has 7 heteroatoms. The average Bonchev–Trinajstić information content (AvgIpc) is 2.52. The van der Waals surface area contributed by atoms with Crippen LogP contribution in [0.25, 0.3) is 0 Å². The van der Waals surface area contributed by atoms with Gasteiger partial charge in [-0.15, -0.1) is 0 Å². The van der Waals surface area contributed by atoms with Crippen molar-refractivity contribution >= 4 is 16.8 Å². The maximum absolute atomic E-state index is 11.3. The molecule has 6 nitrogen and oxygen atoms in total. The minimum absolute atomic E-state index is 0.182. The summed E-state index contributed by atoms with van der Waals surface area (Å²) in [6.45, 7) is 0.269. The van der Waals surface area contributed by atoms with Gasteiger partial charge in [0, 0.05) is 13.2 Å². The van der Waals surface area contributed by atoms with E-state index in [9.17, 15) is 14.9 Å². The van der Waals surface area contributed by atoms with Crippen LogP contribution in [0.2, 0.25) is 0 Å². The van der Waals surface area contributed by atoms with Crippen molar-refractivity contribution in [3.05, 3.63) is 69.4 Å². The number of hydrogen-bond donors (Lipinski definition) is 0. The first-order chi connectivity index (χ1) is 10.5. The van der Waals surface area contributed by atoms with Gasteiger partial charge in [0.25, 0.3) is 10.9 Å². The monoisotopic (exact) mass is 323 g/mol. The predicted octanol–water partition coefficient (Wildman–Crippen LogP) is 2.45. The van der Waals surface area contributed by atoms with Crippen LogP contribution in [0.1, 0.15) is 5.56 Å². The molecule has 0 heterocycles. The molecule has 22 heavy (non-hydrogen) atoms. The third-order valence-electron chi connectivity index (χ3n) is 3.22. The van der Waals surface area contributed by atoms with Crippen LogP contribution in [0.3, 0.4) is 0 Å². The van der Waals surface area contributed by atoms with Gasteiger partial charge in [-0.25, -0.2) is 0 Å². The Morgan fingerprint density at radius 2 is 1.95 bits per heavy atom. The van der Waals surface area contributed by atoms with E-state index in [-0.39, 0.29) is 17.9 Å². The normalized spacial score (nSPS) is 21.0. The lowest BCUT2D eigenvalue weighted by Crippen LogP contribution is -2.33. The molecule has 1 aliphatic rings. The van der Waals surface area contributed by atoms with Crippen molar-refractivity contribution in [2.45, 2.75) is 18.8 Å². The summed E-state index contributed by atoms with van der Waals surface area (Å²) in [6.07, 6.45) is 1.28. The Kier molecular flexibility index (Phi) is 5.43. The van der Waals surface area contributed by atoms with Crippen molar-refractivity contribution in [1.29, 1.82) is 0 Å². The summed E-state index contributed by atoms with van der Waals surface area (Å²) in [5.74, 6) is 0. The lowest BCUT2D eigenvalue weighted by atomic mass is 9.99. The average molecular weight is 324 g/mol. The lowest BCUT2D eigenvalue weighted by Gasteiger charge is -2.24. The van der Waals surface area contributed by atoms with Crippen LogP contribution < -0.4 is 0 Å². The summed E-state index contributed by atoms with van der Waals surface area (Å²) in [6, 6.07) is 9.39. The van der Waals surface area contributed by atoms with Crippen LogP contribution in [0.4, 0.5) is 0 Å². The van der Waals surface area contributed by atoms with Gasteiger partial charge in [0.15, 0.2) is 0 Å². The molecule has 1 aromatic carbocycles. The molecular weight excluding hydrogens is 310 g/mol. The standard InChI is InChI=1S/C15H14ClNO5/c1-21-13-7-11(15(16)18)12(17(19)20)8-14(13)22-9-10-5-3-2-4-6-10/h2-8,13-14H,9H2,1H3. The highest BCUT2D eigenvalue weighted by atomic mass is 35.5. The Bertz CT molecular complexity index is 626. The molecule has 0 saturated heterocycles. The highest BCUT2D eigenvalue weighted by Gasteiger charge is 2.34. The molecule has 2 atom stereocenters. The molecule has 0 spiro atoms. The van der Waals surface area contributed by atoms with Crippen LogP contribution in [0.15, 0.2) is 53.8 Å². The van der Waals surface area contributed by atoms with E-state index in [1.165, 1.54) is 19.3 Å². The molecular formula is C15H14ClNO5. The van der Waals surface area contributed by atoms with Crippen LogP contribution in [0.5, 0.6) is 0 Å². The highest BCUT2D eigenvalue weighted by molar-refractivity contribution is 6.68. The molecule has 0 amide bonds. The van der Waals surface area contributed by atoms with E-state index in [2.05, 4.69) is 0 Å². The van der Waals surface area contributed by atoms with Gasteiger partial charge in [-0.1, -0.05) is 30.3 Å². The smallest absolute Gasteiger partial charge is 0.280 e. The van der Waals surface area contributed by atoms with Gasteiger partial charge >= 0.3 is 0 Å². The fourth-order valence-electron chi connectivity index (χ4n) is 2.12. The summed E-state index contributed by atoms with van der Waals surface area (Å²) in [5, 5.41) is 10.2. The number of carbonyl (C=O) groups excluding carboxylic acids is 1. The second-order valence-electron chi connectivity index (χ2n) is 4.62. The number of rotatable bonds is 6. The number of nitrogens with zero attached hydrogens (tertiary/aromatic N) is 1. The molecule has 0 aromatic heterocycles. The highest BCUT2D eigenvalue weighted by Crippen LogP contribution is 2.25. The third-order valence-corrected chi connectivity index (χ3v) is 3.42. The molecule has 0 saturated carbocycles. The van der Waals surface area contributed by atoms with Crippen LogP contribution in [-0.2, 0) is 20.9 Å². The predicted molar refractivity (Wildman–Crippen MR) is 79.8 cm³/mol. The van der Waals surface area contributed by atoms with Gasteiger partial charge < -0.3 is 9.47 Å². The fourth-order valence-corrected chi connectivity index (χ4v) is 2.28. The van der Waals surface area contributed by atoms with Gasteiger partial charge in [-0.3, -0.25) is 14.9 Å². The van der Waals surface area contributed by atoms with Crippen LogP contribution >= 0.6 is 11.6 Å². The summed E-state index contributed by atoms with van der Waals surface area (Å²) in [4.78, 5) is 21.7. The topological polar surface area (TPSA) is 78.7 Å². The summed E-state index contributed by atoms with van der Waals surface area (Å²) in [7, 11) is 1.43. The maximum atomic E-state index is 11.3. The van der Waals surface area contributed by atoms with Gasteiger partial charge in [0.05, 0.1) is 11.5 Å². The first-order valence-corrected chi connectivity index (χ1v) is 6.87. The molecule has 1 aromatic rings. The van der Waals surface area contributed by atoms with Crippen molar-refractivity contribution in [3.63, 3.8) is 0 Å². The quantitative estimate of drug-likeness (QED) is 0.456. The summed E-state index contributed by atoms with van der Waals surface area (Å²) < 4.78 is 10.9. The minimum atomic E-state index is -0.897. The molecule has 0 fully saturated rings. The zero-order chi connectivity index (χ0) is 16.1. The molecule has 0 radical (unpaired) electrons.